The first-order valence-electron chi connectivity index (χ1n) is 6.77. The van der Waals surface area contributed by atoms with Gasteiger partial charge in [0.25, 0.3) is 0 Å². The Balaban J connectivity index is 2.12. The van der Waals surface area contributed by atoms with Crippen molar-refractivity contribution in [2.24, 2.45) is 0 Å². The molecule has 9 heteroatoms. The van der Waals surface area contributed by atoms with Crippen LogP contribution in [0, 0.1) is 18.6 Å². The summed E-state index contributed by atoms with van der Waals surface area (Å²) in [7, 11) is 0. The van der Waals surface area contributed by atoms with Gasteiger partial charge in [-0.25, -0.2) is 13.6 Å². The number of thioether (sulfide) groups is 1. The minimum Gasteiger partial charge on any atom is -0.323 e. The van der Waals surface area contributed by atoms with E-state index in [1.165, 1.54) is 6.92 Å². The Hall–Kier alpha value is -2.55. The molecular weight excluding hydrogens is 340 g/mol. The highest BCUT2D eigenvalue weighted by Gasteiger charge is 2.16. The van der Waals surface area contributed by atoms with E-state index in [1.807, 2.05) is 0 Å². The molecule has 1 aromatic heterocycles. The van der Waals surface area contributed by atoms with Crippen molar-refractivity contribution in [3.8, 4) is 0 Å². The molecule has 126 valence electrons. The highest BCUT2D eigenvalue weighted by molar-refractivity contribution is 8.00. The number of ketones is 1. The van der Waals surface area contributed by atoms with E-state index in [0.29, 0.717) is 11.8 Å². The van der Waals surface area contributed by atoms with E-state index >= 15 is 0 Å². The van der Waals surface area contributed by atoms with Crippen LogP contribution in [0.2, 0.25) is 0 Å². The number of carbonyl (C=O) groups excluding carboxylic acids is 2. The van der Waals surface area contributed by atoms with Crippen molar-refractivity contribution in [3.05, 3.63) is 51.6 Å². The first-order chi connectivity index (χ1) is 11.3. The Morgan fingerprint density at radius 2 is 2.04 bits per heavy atom. The van der Waals surface area contributed by atoms with Crippen molar-refractivity contribution in [1.29, 1.82) is 0 Å². The van der Waals surface area contributed by atoms with Crippen LogP contribution in [-0.4, -0.2) is 27.4 Å². The second kappa shape index (κ2) is 7.35. The van der Waals surface area contributed by atoms with Gasteiger partial charge in [-0.3, -0.25) is 9.59 Å². The molecule has 0 fully saturated rings. The van der Waals surface area contributed by atoms with Crippen LogP contribution in [0.3, 0.4) is 0 Å². The third kappa shape index (κ3) is 4.25. The van der Waals surface area contributed by atoms with E-state index in [9.17, 15) is 23.2 Å². The van der Waals surface area contributed by atoms with Gasteiger partial charge in [0.05, 0.1) is 17.0 Å². The number of aromatic nitrogens is 2. The molecule has 0 aliphatic rings. The van der Waals surface area contributed by atoms with Gasteiger partial charge in [-0.2, -0.15) is 4.98 Å². The second-order valence-corrected chi connectivity index (χ2v) is 5.83. The first kappa shape index (κ1) is 17.8. The lowest BCUT2D eigenvalue weighted by atomic mass is 10.2. The number of amides is 1. The lowest BCUT2D eigenvalue weighted by Crippen LogP contribution is -2.19. The molecule has 0 bridgehead atoms. The number of halogens is 2. The summed E-state index contributed by atoms with van der Waals surface area (Å²) in [6.07, 6.45) is 0. The third-order valence-corrected chi connectivity index (χ3v) is 3.96. The van der Waals surface area contributed by atoms with E-state index in [1.54, 1.807) is 6.92 Å². The van der Waals surface area contributed by atoms with Crippen molar-refractivity contribution < 1.29 is 18.4 Å². The molecule has 0 saturated carbocycles. The molecule has 0 aliphatic carbocycles. The van der Waals surface area contributed by atoms with Gasteiger partial charge in [0.15, 0.2) is 5.78 Å². The van der Waals surface area contributed by atoms with Gasteiger partial charge in [-0.05, 0) is 26.0 Å². The normalized spacial score (nSPS) is 10.5. The van der Waals surface area contributed by atoms with Crippen LogP contribution < -0.4 is 11.0 Å². The summed E-state index contributed by atoms with van der Waals surface area (Å²) in [5.41, 5.74) is -0.218. The van der Waals surface area contributed by atoms with E-state index in [0.717, 1.165) is 23.9 Å². The van der Waals surface area contributed by atoms with Crippen LogP contribution >= 0.6 is 11.8 Å². The summed E-state index contributed by atoms with van der Waals surface area (Å²) in [6.45, 7) is 2.87. The molecule has 0 radical (unpaired) electrons. The van der Waals surface area contributed by atoms with E-state index in [-0.39, 0.29) is 27.8 Å². The van der Waals surface area contributed by atoms with E-state index in [2.05, 4.69) is 15.3 Å². The van der Waals surface area contributed by atoms with Crippen LogP contribution in [0.1, 0.15) is 23.0 Å². The van der Waals surface area contributed by atoms with Crippen molar-refractivity contribution in [1.82, 2.24) is 9.97 Å². The lowest BCUT2D eigenvalue weighted by Gasteiger charge is -2.09. The molecule has 24 heavy (non-hydrogen) atoms. The molecule has 0 saturated heterocycles. The maximum absolute atomic E-state index is 13.5. The molecule has 0 unspecified atom stereocenters. The Morgan fingerprint density at radius 3 is 2.67 bits per heavy atom. The third-order valence-electron chi connectivity index (χ3n) is 2.98. The molecule has 0 spiro atoms. The van der Waals surface area contributed by atoms with Crippen molar-refractivity contribution in [2.45, 2.75) is 18.9 Å². The predicted molar refractivity (Wildman–Crippen MR) is 85.3 cm³/mol. The smallest absolute Gasteiger partial charge is 0.323 e. The van der Waals surface area contributed by atoms with Gasteiger partial charge in [0.1, 0.15) is 16.7 Å². The van der Waals surface area contributed by atoms with Crippen molar-refractivity contribution in [2.75, 3.05) is 11.1 Å². The van der Waals surface area contributed by atoms with Gasteiger partial charge < -0.3 is 10.3 Å². The zero-order chi connectivity index (χ0) is 17.9. The highest BCUT2D eigenvalue weighted by Crippen LogP contribution is 2.22. The summed E-state index contributed by atoms with van der Waals surface area (Å²) in [4.78, 5) is 41.1. The topological polar surface area (TPSA) is 91.9 Å². The lowest BCUT2D eigenvalue weighted by molar-refractivity contribution is -0.113. The SMILES string of the molecule is CC(=O)c1c(SCC(=O)Nc2ccc(F)cc2F)nc(=O)[nH]c1C. The number of nitrogens with zero attached hydrogens (tertiary/aromatic N) is 1. The molecule has 2 N–H and O–H groups in total. The number of aromatic amines is 1. The number of rotatable bonds is 5. The fourth-order valence-corrected chi connectivity index (χ4v) is 2.92. The summed E-state index contributed by atoms with van der Waals surface area (Å²) >= 11 is 0.880. The zero-order valence-corrected chi connectivity index (χ0v) is 13.6. The van der Waals surface area contributed by atoms with Gasteiger partial charge in [0, 0.05) is 11.8 Å². The van der Waals surface area contributed by atoms with Crippen LogP contribution in [0.15, 0.2) is 28.0 Å². The van der Waals surface area contributed by atoms with Crippen LogP contribution in [0.4, 0.5) is 14.5 Å². The number of aryl methyl sites for hydroxylation is 1. The minimum atomic E-state index is -0.900. The number of Topliss-reactive ketones (excluding diaryl/α,β-unsaturated/α-hetero) is 1. The average molecular weight is 353 g/mol. The standard InChI is InChI=1S/C15H13F2N3O3S/c1-7-13(8(2)21)14(20-15(23)18-7)24-6-12(22)19-11-4-3-9(16)5-10(11)17/h3-5H,6H2,1-2H3,(H,19,22)(H,18,20,23). The fraction of sp³-hybridized carbons (Fsp3) is 0.200. The molecular formula is C15H13F2N3O3S. The molecule has 0 atom stereocenters. The van der Waals surface area contributed by atoms with Gasteiger partial charge >= 0.3 is 5.69 Å². The monoisotopic (exact) mass is 353 g/mol. The molecule has 2 aromatic rings. The molecule has 1 amide bonds. The maximum atomic E-state index is 13.5. The fourth-order valence-electron chi connectivity index (χ4n) is 1.99. The predicted octanol–water partition coefficient (Wildman–Crippen LogP) is 2.29. The van der Waals surface area contributed by atoms with Crippen molar-refractivity contribution in [3.63, 3.8) is 0 Å². The molecule has 6 nitrogen and oxygen atoms in total. The number of carbonyl (C=O) groups is 2. The molecule has 1 aromatic carbocycles. The van der Waals surface area contributed by atoms with Crippen LogP contribution in [-0.2, 0) is 4.79 Å². The first-order valence-corrected chi connectivity index (χ1v) is 7.76. The number of benzene rings is 1. The summed E-state index contributed by atoms with van der Waals surface area (Å²) in [6, 6.07) is 2.77. The number of hydrogen-bond donors (Lipinski definition) is 2. The Morgan fingerprint density at radius 1 is 1.33 bits per heavy atom. The van der Waals surface area contributed by atoms with Gasteiger partial charge in [0.2, 0.25) is 5.91 Å². The second-order valence-electron chi connectivity index (χ2n) is 4.86. The minimum absolute atomic E-state index is 0.124. The van der Waals surface area contributed by atoms with Gasteiger partial charge in [-0.15, -0.1) is 0 Å². The number of hydrogen-bond acceptors (Lipinski definition) is 5. The quantitative estimate of drug-likeness (QED) is 0.489. The largest absolute Gasteiger partial charge is 0.346 e. The number of anilines is 1. The van der Waals surface area contributed by atoms with Crippen LogP contribution in [0.5, 0.6) is 0 Å². The Kier molecular flexibility index (Phi) is 5.45. The maximum Gasteiger partial charge on any atom is 0.346 e. The average Bonchev–Trinajstić information content (AvgIpc) is 2.47. The van der Waals surface area contributed by atoms with E-state index < -0.39 is 23.2 Å². The van der Waals surface area contributed by atoms with E-state index in [4.69, 9.17) is 0 Å². The summed E-state index contributed by atoms with van der Waals surface area (Å²) in [5.74, 6) is -2.74. The van der Waals surface area contributed by atoms with Crippen LogP contribution in [0.25, 0.3) is 0 Å². The Bertz CT molecular complexity index is 868. The molecule has 2 rings (SSSR count). The number of H-pyrrole nitrogens is 1. The van der Waals surface area contributed by atoms with Gasteiger partial charge in [-0.1, -0.05) is 11.8 Å². The molecule has 1 heterocycles. The highest BCUT2D eigenvalue weighted by atomic mass is 32.2. The van der Waals surface area contributed by atoms with Crippen molar-refractivity contribution >= 4 is 29.1 Å². The Labute approximate surface area is 139 Å². The molecule has 0 aliphatic heterocycles. The summed E-state index contributed by atoms with van der Waals surface area (Å²) < 4.78 is 26.3. The number of nitrogens with one attached hydrogen (secondary N) is 2. The zero-order valence-electron chi connectivity index (χ0n) is 12.8. The summed E-state index contributed by atoms with van der Waals surface area (Å²) in [5, 5.41) is 2.41.